The molecule has 2 aliphatic rings. The monoisotopic (exact) mass is 289 g/mol. The molecule has 1 aromatic heterocycles. The van der Waals surface area contributed by atoms with Crippen molar-refractivity contribution in [3.05, 3.63) is 24.0 Å². The fourth-order valence-corrected chi connectivity index (χ4v) is 3.97. The van der Waals surface area contributed by atoms with E-state index in [1.807, 2.05) is 12.1 Å². The van der Waals surface area contributed by atoms with Crippen LogP contribution < -0.4 is 5.32 Å². The Kier molecular flexibility index (Phi) is 4.34. The van der Waals surface area contributed by atoms with E-state index in [0.29, 0.717) is 17.9 Å². The number of hydrogen-bond acceptors (Lipinski definition) is 2. The Morgan fingerprint density at radius 3 is 2.52 bits per heavy atom. The Bertz CT molecular complexity index is 480. The highest BCUT2D eigenvalue weighted by atomic mass is 16.2. The predicted octanol–water partition coefficient (Wildman–Crippen LogP) is 2.53. The summed E-state index contributed by atoms with van der Waals surface area (Å²) < 4.78 is 2.22. The quantitative estimate of drug-likeness (QED) is 0.908. The van der Waals surface area contributed by atoms with Crippen LogP contribution in [0.15, 0.2) is 18.3 Å². The molecule has 0 spiro atoms. The van der Waals surface area contributed by atoms with Gasteiger partial charge in [0.25, 0.3) is 5.91 Å². The fourth-order valence-electron chi connectivity index (χ4n) is 3.97. The molecule has 1 N–H and O–H groups in total. The van der Waals surface area contributed by atoms with Gasteiger partial charge in [0, 0.05) is 25.3 Å². The van der Waals surface area contributed by atoms with Crippen LogP contribution >= 0.6 is 0 Å². The predicted molar refractivity (Wildman–Crippen MR) is 84.4 cm³/mol. The number of nitrogens with one attached hydrogen (secondary N) is 1. The highest BCUT2D eigenvalue weighted by molar-refractivity contribution is 5.93. The Hall–Kier alpha value is -1.29. The molecule has 4 nitrogen and oxygen atoms in total. The number of likely N-dealkylation sites (tertiary alicyclic amines) is 1. The molecule has 1 amide bonds. The molecule has 2 unspecified atom stereocenters. The lowest BCUT2D eigenvalue weighted by molar-refractivity contribution is 0.0608. The Morgan fingerprint density at radius 2 is 1.86 bits per heavy atom. The van der Waals surface area contributed by atoms with Gasteiger partial charge in [0.2, 0.25) is 0 Å². The van der Waals surface area contributed by atoms with Gasteiger partial charge in [-0.1, -0.05) is 13.8 Å². The van der Waals surface area contributed by atoms with Gasteiger partial charge in [-0.15, -0.1) is 0 Å². The number of carbonyl (C=O) groups is 1. The number of aromatic nitrogens is 1. The number of amides is 1. The second-order valence-corrected chi connectivity index (χ2v) is 6.94. The lowest BCUT2D eigenvalue weighted by atomic mass is 9.92. The van der Waals surface area contributed by atoms with E-state index in [0.717, 1.165) is 44.7 Å². The zero-order valence-electron chi connectivity index (χ0n) is 13.2. The molecule has 21 heavy (non-hydrogen) atoms. The van der Waals surface area contributed by atoms with Gasteiger partial charge >= 0.3 is 0 Å². The average molecular weight is 289 g/mol. The van der Waals surface area contributed by atoms with Gasteiger partial charge in [-0.3, -0.25) is 4.79 Å². The molecule has 2 aliphatic heterocycles. The van der Waals surface area contributed by atoms with Crippen LogP contribution in [0.25, 0.3) is 0 Å². The minimum absolute atomic E-state index is 0.219. The molecule has 0 bridgehead atoms. The van der Waals surface area contributed by atoms with Gasteiger partial charge in [-0.25, -0.2) is 0 Å². The number of piperidine rings is 2. The summed E-state index contributed by atoms with van der Waals surface area (Å²) >= 11 is 0. The molecular weight excluding hydrogens is 262 g/mol. The summed E-state index contributed by atoms with van der Waals surface area (Å²) in [7, 11) is 0. The SMILES string of the molecule is CC1CC(C)CN(C(=O)c2cccn2C2CCNCC2)C1. The van der Waals surface area contributed by atoms with Crippen LogP contribution in [0, 0.1) is 11.8 Å². The Balaban J connectivity index is 1.77. The van der Waals surface area contributed by atoms with Crippen molar-refractivity contribution in [3.8, 4) is 0 Å². The Labute approximate surface area is 127 Å². The van der Waals surface area contributed by atoms with E-state index in [9.17, 15) is 4.79 Å². The largest absolute Gasteiger partial charge is 0.340 e. The summed E-state index contributed by atoms with van der Waals surface area (Å²) in [4.78, 5) is 15.0. The van der Waals surface area contributed by atoms with Crippen molar-refractivity contribution in [1.82, 2.24) is 14.8 Å². The zero-order valence-corrected chi connectivity index (χ0v) is 13.2. The maximum Gasteiger partial charge on any atom is 0.270 e. The van der Waals surface area contributed by atoms with Crippen molar-refractivity contribution in [3.63, 3.8) is 0 Å². The van der Waals surface area contributed by atoms with E-state index in [-0.39, 0.29) is 5.91 Å². The maximum atomic E-state index is 12.9. The minimum atomic E-state index is 0.219. The molecular formula is C17H27N3O. The van der Waals surface area contributed by atoms with Crippen LogP contribution in [0.2, 0.25) is 0 Å². The van der Waals surface area contributed by atoms with Gasteiger partial charge in [0.15, 0.2) is 0 Å². The summed E-state index contributed by atoms with van der Waals surface area (Å²) in [6.07, 6.45) is 5.54. The number of hydrogen-bond donors (Lipinski definition) is 1. The lowest BCUT2D eigenvalue weighted by Crippen LogP contribution is -2.43. The standard InChI is InChI=1S/C17H27N3O/c1-13-10-14(2)12-19(11-13)17(21)16-4-3-9-20(16)15-5-7-18-8-6-15/h3-4,9,13-15,18H,5-8,10-12H2,1-2H3. The summed E-state index contributed by atoms with van der Waals surface area (Å²) in [5.74, 6) is 1.44. The third kappa shape index (κ3) is 3.15. The molecule has 2 atom stereocenters. The van der Waals surface area contributed by atoms with Crippen LogP contribution in [0.4, 0.5) is 0 Å². The van der Waals surface area contributed by atoms with Gasteiger partial charge in [-0.05, 0) is 56.3 Å². The highest BCUT2D eigenvalue weighted by Gasteiger charge is 2.28. The van der Waals surface area contributed by atoms with Crippen LogP contribution in [-0.2, 0) is 0 Å². The smallest absolute Gasteiger partial charge is 0.270 e. The van der Waals surface area contributed by atoms with E-state index in [1.165, 1.54) is 6.42 Å². The lowest BCUT2D eigenvalue weighted by Gasteiger charge is -2.35. The van der Waals surface area contributed by atoms with Crippen LogP contribution in [0.1, 0.15) is 49.6 Å². The molecule has 4 heteroatoms. The molecule has 0 radical (unpaired) electrons. The zero-order chi connectivity index (χ0) is 14.8. The van der Waals surface area contributed by atoms with Crippen molar-refractivity contribution >= 4 is 5.91 Å². The normalized spacial score (nSPS) is 27.8. The third-order valence-electron chi connectivity index (χ3n) is 4.86. The van der Waals surface area contributed by atoms with Crippen LogP contribution in [-0.4, -0.2) is 41.6 Å². The van der Waals surface area contributed by atoms with Crippen LogP contribution in [0.3, 0.4) is 0 Å². The first kappa shape index (κ1) is 14.6. The fraction of sp³-hybridized carbons (Fsp3) is 0.706. The first-order valence-corrected chi connectivity index (χ1v) is 8.32. The second kappa shape index (κ2) is 6.22. The molecule has 3 rings (SSSR count). The molecule has 0 saturated carbocycles. The average Bonchev–Trinajstić information content (AvgIpc) is 2.95. The topological polar surface area (TPSA) is 37.3 Å². The highest BCUT2D eigenvalue weighted by Crippen LogP contribution is 2.25. The van der Waals surface area contributed by atoms with Gasteiger partial charge in [0.1, 0.15) is 5.69 Å². The molecule has 116 valence electrons. The van der Waals surface area contributed by atoms with E-state index in [1.54, 1.807) is 0 Å². The third-order valence-corrected chi connectivity index (χ3v) is 4.86. The first-order valence-electron chi connectivity index (χ1n) is 8.32. The molecule has 2 saturated heterocycles. The summed E-state index contributed by atoms with van der Waals surface area (Å²) in [6, 6.07) is 4.49. The first-order chi connectivity index (χ1) is 10.1. The number of rotatable bonds is 2. The number of carbonyl (C=O) groups excluding carboxylic acids is 1. The van der Waals surface area contributed by atoms with E-state index >= 15 is 0 Å². The van der Waals surface area contributed by atoms with Gasteiger partial charge < -0.3 is 14.8 Å². The molecule has 2 fully saturated rings. The van der Waals surface area contributed by atoms with E-state index in [4.69, 9.17) is 0 Å². The van der Waals surface area contributed by atoms with Gasteiger partial charge in [-0.2, -0.15) is 0 Å². The summed E-state index contributed by atoms with van der Waals surface area (Å²) in [5.41, 5.74) is 0.878. The molecule has 0 aromatic carbocycles. The van der Waals surface area contributed by atoms with Gasteiger partial charge in [0.05, 0.1) is 0 Å². The summed E-state index contributed by atoms with van der Waals surface area (Å²) in [5, 5.41) is 3.39. The maximum absolute atomic E-state index is 12.9. The van der Waals surface area contributed by atoms with E-state index in [2.05, 4.69) is 34.8 Å². The van der Waals surface area contributed by atoms with Crippen molar-refractivity contribution in [2.75, 3.05) is 26.2 Å². The molecule has 0 aliphatic carbocycles. The summed E-state index contributed by atoms with van der Waals surface area (Å²) in [6.45, 7) is 8.41. The van der Waals surface area contributed by atoms with Crippen molar-refractivity contribution in [1.29, 1.82) is 0 Å². The second-order valence-electron chi connectivity index (χ2n) is 6.94. The van der Waals surface area contributed by atoms with Crippen molar-refractivity contribution in [2.45, 2.75) is 39.2 Å². The molecule has 3 heterocycles. The number of nitrogens with zero attached hydrogens (tertiary/aromatic N) is 2. The Morgan fingerprint density at radius 1 is 1.19 bits per heavy atom. The van der Waals surface area contributed by atoms with Crippen molar-refractivity contribution < 1.29 is 4.79 Å². The van der Waals surface area contributed by atoms with Crippen molar-refractivity contribution in [2.24, 2.45) is 11.8 Å². The molecule has 1 aromatic rings. The van der Waals surface area contributed by atoms with Crippen LogP contribution in [0.5, 0.6) is 0 Å². The minimum Gasteiger partial charge on any atom is -0.340 e. The van der Waals surface area contributed by atoms with E-state index < -0.39 is 0 Å².